The van der Waals surface area contributed by atoms with E-state index in [9.17, 15) is 14.7 Å². The number of hydrogen-bond donors (Lipinski definition) is 1. The van der Waals surface area contributed by atoms with Crippen molar-refractivity contribution in [1.29, 1.82) is 0 Å². The van der Waals surface area contributed by atoms with Crippen LogP contribution >= 0.6 is 0 Å². The summed E-state index contributed by atoms with van der Waals surface area (Å²) in [4.78, 5) is 24.7. The fourth-order valence-electron chi connectivity index (χ4n) is 5.41. The molecule has 1 saturated heterocycles. The van der Waals surface area contributed by atoms with Crippen LogP contribution in [0.5, 0.6) is 0 Å². The molecular weight excluding hydrogens is 432 g/mol. The maximum atomic E-state index is 12.4. The van der Waals surface area contributed by atoms with E-state index in [4.69, 9.17) is 14.2 Å². The number of aliphatic hydroxyl groups is 1. The third-order valence-corrected chi connectivity index (χ3v) is 7.10. The highest BCUT2D eigenvalue weighted by Crippen LogP contribution is 2.38. The molecule has 6 heteroatoms. The van der Waals surface area contributed by atoms with Crippen LogP contribution in [0.3, 0.4) is 0 Å². The first-order valence-corrected chi connectivity index (χ1v) is 12.0. The number of benzene rings is 1. The van der Waals surface area contributed by atoms with Gasteiger partial charge in [0.1, 0.15) is 12.2 Å². The molecule has 1 unspecified atom stereocenters. The van der Waals surface area contributed by atoms with Gasteiger partial charge in [0, 0.05) is 30.4 Å². The van der Waals surface area contributed by atoms with Crippen LogP contribution in [0.15, 0.2) is 59.7 Å². The second kappa shape index (κ2) is 9.35. The van der Waals surface area contributed by atoms with Gasteiger partial charge in [0.05, 0.1) is 12.0 Å². The van der Waals surface area contributed by atoms with E-state index >= 15 is 0 Å². The van der Waals surface area contributed by atoms with E-state index < -0.39 is 30.4 Å². The van der Waals surface area contributed by atoms with Crippen molar-refractivity contribution in [2.45, 2.75) is 70.1 Å². The Hall–Kier alpha value is -2.96. The van der Waals surface area contributed by atoms with Crippen molar-refractivity contribution in [3.05, 3.63) is 76.4 Å². The highest BCUT2D eigenvalue weighted by atomic mass is 16.6. The highest BCUT2D eigenvalue weighted by molar-refractivity contribution is 5.93. The van der Waals surface area contributed by atoms with Gasteiger partial charge in [-0.15, -0.1) is 0 Å². The molecule has 2 aliphatic carbocycles. The van der Waals surface area contributed by atoms with Gasteiger partial charge in [-0.05, 0) is 49.0 Å². The molecule has 0 radical (unpaired) electrons. The number of hydrogen-bond acceptors (Lipinski definition) is 6. The Morgan fingerprint density at radius 2 is 2.03 bits per heavy atom. The van der Waals surface area contributed by atoms with Crippen molar-refractivity contribution in [3.8, 4) is 0 Å². The molecule has 0 aromatic heterocycles. The smallest absolute Gasteiger partial charge is 0.334 e. The first kappa shape index (κ1) is 22.8. The molecule has 2 heterocycles. The van der Waals surface area contributed by atoms with Gasteiger partial charge in [0.25, 0.3) is 0 Å². The average molecular weight is 463 g/mol. The van der Waals surface area contributed by atoms with E-state index in [1.807, 2.05) is 19.1 Å². The summed E-state index contributed by atoms with van der Waals surface area (Å²) in [5.41, 5.74) is 5.53. The minimum Gasteiger partial charge on any atom is -0.458 e. The lowest BCUT2D eigenvalue weighted by Crippen LogP contribution is -2.34. The van der Waals surface area contributed by atoms with Gasteiger partial charge in [-0.1, -0.05) is 48.6 Å². The van der Waals surface area contributed by atoms with Crippen molar-refractivity contribution < 1.29 is 28.9 Å². The average Bonchev–Trinajstić information content (AvgIpc) is 3.28. The molecule has 4 aliphatic rings. The lowest BCUT2D eigenvalue weighted by atomic mass is 9.85. The van der Waals surface area contributed by atoms with Gasteiger partial charge in [-0.25, -0.2) is 9.59 Å². The molecule has 5 rings (SSSR count). The molecule has 6 nitrogen and oxygen atoms in total. The Morgan fingerprint density at radius 3 is 2.88 bits per heavy atom. The summed E-state index contributed by atoms with van der Waals surface area (Å²) in [6.07, 6.45) is 9.48. The van der Waals surface area contributed by atoms with Crippen LogP contribution in [0.25, 0.3) is 6.08 Å². The van der Waals surface area contributed by atoms with Crippen LogP contribution in [-0.4, -0.2) is 41.6 Å². The van der Waals surface area contributed by atoms with Crippen LogP contribution in [0, 0.1) is 5.92 Å². The van der Waals surface area contributed by atoms with Gasteiger partial charge >= 0.3 is 11.9 Å². The van der Waals surface area contributed by atoms with E-state index in [1.54, 1.807) is 0 Å². The van der Waals surface area contributed by atoms with Gasteiger partial charge in [-0.2, -0.15) is 0 Å². The van der Waals surface area contributed by atoms with E-state index in [-0.39, 0.29) is 18.5 Å². The molecule has 5 atom stereocenters. The van der Waals surface area contributed by atoms with E-state index in [1.165, 1.54) is 16.7 Å². The zero-order chi connectivity index (χ0) is 23.8. The Kier molecular flexibility index (Phi) is 6.28. The molecule has 2 aliphatic heterocycles. The fourth-order valence-corrected chi connectivity index (χ4v) is 5.41. The SMILES string of the molecule is C=C1C(=O)O[C@H]2CC3=C[C@@H](C/C(C)=C/[C@@H](OC(O)CCc4cccc5c4C=CCC5)[C@H]12)OC3=O. The summed E-state index contributed by atoms with van der Waals surface area (Å²) >= 11 is 0. The molecule has 1 aromatic rings. The highest BCUT2D eigenvalue weighted by Gasteiger charge is 2.46. The normalized spacial score (nSPS) is 30.5. The molecule has 34 heavy (non-hydrogen) atoms. The third-order valence-electron chi connectivity index (χ3n) is 7.10. The molecule has 178 valence electrons. The fraction of sp³-hybridized carbons (Fsp3) is 0.429. The monoisotopic (exact) mass is 462 g/mol. The van der Waals surface area contributed by atoms with Crippen LogP contribution in [0.2, 0.25) is 0 Å². The molecule has 0 spiro atoms. The number of aliphatic hydroxyl groups excluding tert-OH is 1. The van der Waals surface area contributed by atoms with Crippen molar-refractivity contribution >= 4 is 18.0 Å². The summed E-state index contributed by atoms with van der Waals surface area (Å²) < 4.78 is 17.1. The van der Waals surface area contributed by atoms with Gasteiger partial charge in [-0.3, -0.25) is 0 Å². The van der Waals surface area contributed by atoms with Crippen LogP contribution in [0.1, 0.15) is 49.3 Å². The van der Waals surface area contributed by atoms with Gasteiger partial charge in [0.2, 0.25) is 0 Å². The Bertz CT molecular complexity index is 1110. The predicted octanol–water partition coefficient (Wildman–Crippen LogP) is 3.97. The van der Waals surface area contributed by atoms with Crippen LogP contribution < -0.4 is 0 Å². The minimum atomic E-state index is -1.03. The van der Waals surface area contributed by atoms with Crippen molar-refractivity contribution in [2.24, 2.45) is 5.92 Å². The standard InChI is InChI=1S/C28H30O6/c1-16-12-21-14-20(28(31)32-21)15-24-26(17(2)27(30)34-24)23(13-16)33-25(29)11-10-19-8-5-7-18-6-3-4-9-22(18)19/h4-5,7-9,13-14,21,23-26,29H,2-3,6,10-12,15H2,1H3/b16-13+/t21-,23-,24+,25?,26+/m1/s1. The second-order valence-corrected chi connectivity index (χ2v) is 9.58. The lowest BCUT2D eigenvalue weighted by Gasteiger charge is -2.28. The molecule has 1 N–H and O–H groups in total. The molecular formula is C28H30O6. The minimum absolute atomic E-state index is 0.246. The predicted molar refractivity (Wildman–Crippen MR) is 126 cm³/mol. The van der Waals surface area contributed by atoms with Crippen LogP contribution in [-0.2, 0) is 36.6 Å². The molecule has 0 saturated carbocycles. The van der Waals surface area contributed by atoms with E-state index in [0.29, 0.717) is 30.4 Å². The first-order chi connectivity index (χ1) is 16.4. The number of carbonyl (C=O) groups is 2. The first-order valence-electron chi connectivity index (χ1n) is 12.0. The number of carbonyl (C=O) groups excluding carboxylic acids is 2. The maximum Gasteiger partial charge on any atom is 0.334 e. The molecule has 0 amide bonds. The largest absolute Gasteiger partial charge is 0.458 e. The zero-order valence-corrected chi connectivity index (χ0v) is 19.4. The Balaban J connectivity index is 1.34. The summed E-state index contributed by atoms with van der Waals surface area (Å²) in [5.74, 6) is -1.35. The third kappa shape index (κ3) is 4.52. The van der Waals surface area contributed by atoms with Crippen molar-refractivity contribution in [3.63, 3.8) is 0 Å². The summed E-state index contributed by atoms with van der Waals surface area (Å²) in [7, 11) is 0. The van der Waals surface area contributed by atoms with E-state index in [2.05, 4.69) is 36.9 Å². The number of esters is 2. The topological polar surface area (TPSA) is 82.1 Å². The number of aryl methyl sites for hydroxylation is 2. The Morgan fingerprint density at radius 1 is 1.18 bits per heavy atom. The molecule has 2 bridgehead atoms. The summed E-state index contributed by atoms with van der Waals surface area (Å²) in [5, 5.41) is 10.9. The Labute approximate surface area is 199 Å². The maximum absolute atomic E-state index is 12.4. The van der Waals surface area contributed by atoms with Crippen LogP contribution in [0.4, 0.5) is 0 Å². The number of rotatable bonds is 5. The van der Waals surface area contributed by atoms with Gasteiger partial charge in [0.15, 0.2) is 6.29 Å². The van der Waals surface area contributed by atoms with Gasteiger partial charge < -0.3 is 19.3 Å². The zero-order valence-electron chi connectivity index (χ0n) is 19.4. The molecule has 1 fully saturated rings. The number of allylic oxidation sites excluding steroid dienone is 1. The number of fused-ring (bicyclic) bond motifs is 3. The van der Waals surface area contributed by atoms with Crippen molar-refractivity contribution in [1.82, 2.24) is 0 Å². The quantitative estimate of drug-likeness (QED) is 0.309. The summed E-state index contributed by atoms with van der Waals surface area (Å²) in [6, 6.07) is 6.32. The summed E-state index contributed by atoms with van der Waals surface area (Å²) in [6.45, 7) is 5.87. The molecule has 1 aromatic carbocycles. The van der Waals surface area contributed by atoms with Crippen molar-refractivity contribution in [2.75, 3.05) is 0 Å². The van der Waals surface area contributed by atoms with E-state index in [0.717, 1.165) is 18.4 Å². The lowest BCUT2D eigenvalue weighted by molar-refractivity contribution is -0.147. The second-order valence-electron chi connectivity index (χ2n) is 9.58. The number of ether oxygens (including phenoxy) is 3.